The lowest BCUT2D eigenvalue weighted by Gasteiger charge is -2.17. The highest BCUT2D eigenvalue weighted by Gasteiger charge is 2.14. The Balaban J connectivity index is 1.74. The second-order valence-corrected chi connectivity index (χ2v) is 6.49. The third-order valence-corrected chi connectivity index (χ3v) is 4.75. The van der Waals surface area contributed by atoms with Crippen molar-refractivity contribution in [1.82, 2.24) is 9.88 Å². The number of benzene rings is 1. The second kappa shape index (κ2) is 8.76. The van der Waals surface area contributed by atoms with Crippen LogP contribution in [0.4, 0.5) is 11.5 Å². The first kappa shape index (κ1) is 18.3. The molecule has 2 heterocycles. The number of likely N-dealkylation sites (tertiary alicyclic amines) is 1. The number of methoxy groups -OCH3 is 1. The van der Waals surface area contributed by atoms with Crippen LogP contribution in [0.1, 0.15) is 19.3 Å². The molecule has 6 nitrogen and oxygen atoms in total. The first-order valence-corrected chi connectivity index (χ1v) is 9.18. The SMILES string of the molecule is CNc1nccc(N)c1-c1ccc(OC)c(OCCCN2CCCC2)c1. The molecule has 140 valence electrons. The van der Waals surface area contributed by atoms with Crippen LogP contribution in [0.15, 0.2) is 30.5 Å². The molecule has 1 aromatic carbocycles. The Labute approximate surface area is 155 Å². The van der Waals surface area contributed by atoms with Gasteiger partial charge in [0.25, 0.3) is 0 Å². The van der Waals surface area contributed by atoms with Gasteiger partial charge in [0.15, 0.2) is 11.5 Å². The Morgan fingerprint density at radius 1 is 1.19 bits per heavy atom. The molecule has 1 aromatic heterocycles. The third-order valence-electron chi connectivity index (χ3n) is 4.75. The molecule has 0 amide bonds. The zero-order chi connectivity index (χ0) is 18.4. The fraction of sp³-hybridized carbons (Fsp3) is 0.450. The van der Waals surface area contributed by atoms with Crippen molar-refractivity contribution in [3.8, 4) is 22.6 Å². The molecule has 0 aliphatic carbocycles. The molecule has 0 spiro atoms. The fourth-order valence-corrected chi connectivity index (χ4v) is 3.39. The molecule has 0 atom stereocenters. The quantitative estimate of drug-likeness (QED) is 0.708. The summed E-state index contributed by atoms with van der Waals surface area (Å²) in [6, 6.07) is 7.67. The number of rotatable bonds is 8. The Bertz CT molecular complexity index is 730. The number of nitrogens with one attached hydrogen (secondary N) is 1. The van der Waals surface area contributed by atoms with Gasteiger partial charge in [-0.15, -0.1) is 0 Å². The van der Waals surface area contributed by atoms with Crippen molar-refractivity contribution >= 4 is 11.5 Å². The van der Waals surface area contributed by atoms with Gasteiger partial charge in [0.05, 0.1) is 13.7 Å². The van der Waals surface area contributed by atoms with Crippen LogP contribution in [0.2, 0.25) is 0 Å². The molecule has 3 rings (SSSR count). The summed E-state index contributed by atoms with van der Waals surface area (Å²) in [7, 11) is 3.49. The molecule has 26 heavy (non-hydrogen) atoms. The lowest BCUT2D eigenvalue weighted by Crippen LogP contribution is -2.21. The van der Waals surface area contributed by atoms with Gasteiger partial charge in [-0.05, 0) is 56.1 Å². The molecule has 1 saturated heterocycles. The van der Waals surface area contributed by atoms with Gasteiger partial charge in [-0.3, -0.25) is 0 Å². The molecule has 2 aromatic rings. The standard InChI is InChI=1S/C20H28N4O2/c1-22-20-19(16(21)8-9-23-20)15-6-7-17(25-2)18(14-15)26-13-5-12-24-10-3-4-11-24/h6-9,14H,3-5,10-13H2,1-2H3,(H3,21,22,23). The van der Waals surface area contributed by atoms with Gasteiger partial charge in [0, 0.05) is 31.0 Å². The predicted octanol–water partition coefficient (Wildman–Crippen LogP) is 3.25. The third kappa shape index (κ3) is 4.19. The number of nitrogens with two attached hydrogens (primary N) is 1. The molecule has 1 fully saturated rings. The number of ether oxygens (including phenoxy) is 2. The summed E-state index contributed by atoms with van der Waals surface area (Å²) in [4.78, 5) is 6.85. The average molecular weight is 356 g/mol. The van der Waals surface area contributed by atoms with Gasteiger partial charge < -0.3 is 25.4 Å². The van der Waals surface area contributed by atoms with Crippen molar-refractivity contribution in [2.24, 2.45) is 0 Å². The van der Waals surface area contributed by atoms with E-state index in [1.54, 1.807) is 19.4 Å². The van der Waals surface area contributed by atoms with E-state index < -0.39 is 0 Å². The molecule has 0 radical (unpaired) electrons. The smallest absolute Gasteiger partial charge is 0.161 e. The number of hydrogen-bond acceptors (Lipinski definition) is 6. The molecule has 0 bridgehead atoms. The van der Waals surface area contributed by atoms with Gasteiger partial charge in [-0.1, -0.05) is 6.07 Å². The number of anilines is 2. The topological polar surface area (TPSA) is 72.6 Å². The molecule has 0 unspecified atom stereocenters. The highest BCUT2D eigenvalue weighted by atomic mass is 16.5. The molecule has 0 saturated carbocycles. The zero-order valence-corrected chi connectivity index (χ0v) is 15.6. The predicted molar refractivity (Wildman–Crippen MR) is 106 cm³/mol. The molecule has 1 aliphatic heterocycles. The van der Waals surface area contributed by atoms with E-state index in [9.17, 15) is 0 Å². The second-order valence-electron chi connectivity index (χ2n) is 6.49. The van der Waals surface area contributed by atoms with E-state index in [1.165, 1.54) is 25.9 Å². The monoisotopic (exact) mass is 356 g/mol. The van der Waals surface area contributed by atoms with Gasteiger partial charge in [-0.25, -0.2) is 4.98 Å². The van der Waals surface area contributed by atoms with Gasteiger partial charge in [0.1, 0.15) is 5.82 Å². The Morgan fingerprint density at radius 3 is 2.73 bits per heavy atom. The van der Waals surface area contributed by atoms with Crippen LogP contribution in [0.5, 0.6) is 11.5 Å². The van der Waals surface area contributed by atoms with Crippen LogP contribution in [0.25, 0.3) is 11.1 Å². The molecule has 6 heteroatoms. The zero-order valence-electron chi connectivity index (χ0n) is 15.6. The lowest BCUT2D eigenvalue weighted by molar-refractivity contribution is 0.254. The van der Waals surface area contributed by atoms with E-state index in [4.69, 9.17) is 15.2 Å². The maximum atomic E-state index is 6.18. The summed E-state index contributed by atoms with van der Waals surface area (Å²) >= 11 is 0. The highest BCUT2D eigenvalue weighted by molar-refractivity contribution is 5.86. The average Bonchev–Trinajstić information content (AvgIpc) is 3.18. The minimum absolute atomic E-state index is 0.664. The summed E-state index contributed by atoms with van der Waals surface area (Å²) in [6.07, 6.45) is 5.34. The van der Waals surface area contributed by atoms with Crippen molar-refractivity contribution in [1.29, 1.82) is 0 Å². The number of nitrogen functional groups attached to an aromatic ring is 1. The maximum Gasteiger partial charge on any atom is 0.161 e. The van der Waals surface area contributed by atoms with Crippen molar-refractivity contribution < 1.29 is 9.47 Å². The van der Waals surface area contributed by atoms with E-state index >= 15 is 0 Å². The minimum Gasteiger partial charge on any atom is -0.493 e. The van der Waals surface area contributed by atoms with E-state index in [-0.39, 0.29) is 0 Å². The molecule has 1 aliphatic rings. The van der Waals surface area contributed by atoms with E-state index in [2.05, 4.69) is 15.2 Å². The Hall–Kier alpha value is -2.47. The number of pyridine rings is 1. The van der Waals surface area contributed by atoms with Crippen LogP contribution >= 0.6 is 0 Å². The van der Waals surface area contributed by atoms with E-state index in [1.807, 2.05) is 25.2 Å². The van der Waals surface area contributed by atoms with Crippen LogP contribution in [0, 0.1) is 0 Å². The number of hydrogen-bond donors (Lipinski definition) is 2. The molecular weight excluding hydrogens is 328 g/mol. The van der Waals surface area contributed by atoms with Gasteiger partial charge >= 0.3 is 0 Å². The first-order valence-electron chi connectivity index (χ1n) is 9.18. The molecule has 3 N–H and O–H groups in total. The van der Waals surface area contributed by atoms with Crippen LogP contribution < -0.4 is 20.5 Å². The summed E-state index contributed by atoms with van der Waals surface area (Å²) in [6.45, 7) is 4.18. The normalized spacial score (nSPS) is 14.4. The Morgan fingerprint density at radius 2 is 2.00 bits per heavy atom. The van der Waals surface area contributed by atoms with E-state index in [0.717, 1.165) is 41.4 Å². The van der Waals surface area contributed by atoms with Crippen molar-refractivity contribution in [3.05, 3.63) is 30.5 Å². The fourth-order valence-electron chi connectivity index (χ4n) is 3.39. The molecular formula is C20H28N4O2. The largest absolute Gasteiger partial charge is 0.493 e. The summed E-state index contributed by atoms with van der Waals surface area (Å²) in [5.41, 5.74) is 8.69. The van der Waals surface area contributed by atoms with E-state index in [0.29, 0.717) is 12.3 Å². The summed E-state index contributed by atoms with van der Waals surface area (Å²) < 4.78 is 11.5. The van der Waals surface area contributed by atoms with Crippen molar-refractivity contribution in [2.45, 2.75) is 19.3 Å². The van der Waals surface area contributed by atoms with Gasteiger partial charge in [-0.2, -0.15) is 0 Å². The van der Waals surface area contributed by atoms with Crippen LogP contribution in [-0.2, 0) is 0 Å². The van der Waals surface area contributed by atoms with Crippen molar-refractivity contribution in [2.75, 3.05) is 51.4 Å². The van der Waals surface area contributed by atoms with Gasteiger partial charge in [0.2, 0.25) is 0 Å². The number of aromatic nitrogens is 1. The highest BCUT2D eigenvalue weighted by Crippen LogP contribution is 2.37. The van der Waals surface area contributed by atoms with Crippen molar-refractivity contribution in [3.63, 3.8) is 0 Å². The minimum atomic E-state index is 0.664. The first-order chi connectivity index (χ1) is 12.7. The summed E-state index contributed by atoms with van der Waals surface area (Å²) in [5.74, 6) is 2.20. The number of nitrogens with zero attached hydrogens (tertiary/aromatic N) is 2. The van der Waals surface area contributed by atoms with Crippen LogP contribution in [-0.4, -0.2) is 50.3 Å². The lowest BCUT2D eigenvalue weighted by atomic mass is 10.0. The Kier molecular flexibility index (Phi) is 6.17. The van der Waals surface area contributed by atoms with Crippen LogP contribution in [0.3, 0.4) is 0 Å². The summed E-state index contributed by atoms with van der Waals surface area (Å²) in [5, 5.41) is 3.10. The maximum absolute atomic E-state index is 6.18.